The molecule has 168 valence electrons. The number of carbonyl (C=O) groups is 2. The zero-order chi connectivity index (χ0) is 22.6. The molecule has 1 aromatic carbocycles. The first kappa shape index (κ1) is 23.3. The lowest BCUT2D eigenvalue weighted by Crippen LogP contribution is -2.40. The van der Waals surface area contributed by atoms with Crippen LogP contribution >= 0.6 is 11.3 Å². The predicted octanol–water partition coefficient (Wildman–Crippen LogP) is 2.20. The Bertz CT molecular complexity index is 1060. The highest BCUT2D eigenvalue weighted by Crippen LogP contribution is 2.23. The molecule has 0 spiro atoms. The minimum atomic E-state index is -3.72. The van der Waals surface area contributed by atoms with Crippen molar-refractivity contribution in [3.63, 3.8) is 0 Å². The van der Waals surface area contributed by atoms with E-state index in [1.807, 2.05) is 6.92 Å². The summed E-state index contributed by atoms with van der Waals surface area (Å²) in [5, 5.41) is 2.26. The molecule has 1 aliphatic heterocycles. The molecule has 1 aliphatic rings. The molecule has 1 saturated heterocycles. The maximum Gasteiger partial charge on any atom is 0.338 e. The molecule has 0 radical (unpaired) electrons. The zero-order valence-electron chi connectivity index (χ0n) is 17.7. The normalized spacial score (nSPS) is 14.9. The highest BCUT2D eigenvalue weighted by molar-refractivity contribution is 7.89. The first-order chi connectivity index (χ1) is 14.7. The van der Waals surface area contributed by atoms with Crippen molar-refractivity contribution in [1.82, 2.24) is 9.29 Å². The van der Waals surface area contributed by atoms with Gasteiger partial charge in [0.2, 0.25) is 15.9 Å². The van der Waals surface area contributed by atoms with Crippen LogP contribution in [0.25, 0.3) is 0 Å². The maximum absolute atomic E-state index is 12.9. The van der Waals surface area contributed by atoms with Gasteiger partial charge in [0.25, 0.3) is 0 Å². The Morgan fingerprint density at radius 1 is 1.29 bits per heavy atom. The van der Waals surface area contributed by atoms with E-state index in [2.05, 4.69) is 4.98 Å². The summed E-state index contributed by atoms with van der Waals surface area (Å²) in [7, 11) is -3.72. The van der Waals surface area contributed by atoms with E-state index >= 15 is 0 Å². The van der Waals surface area contributed by atoms with Gasteiger partial charge in [-0.05, 0) is 31.5 Å². The van der Waals surface area contributed by atoms with Crippen molar-refractivity contribution in [3.05, 3.63) is 40.4 Å². The standard InChI is InChI=1S/C20H25N3O6S2/c1-4-23(15(3)24)20-21-16(13-30-20)12-29-19(25)18-11-17(6-5-14(18)2)31(26,27)22-7-9-28-10-8-22/h5-6,11,13H,4,7-10,12H2,1-3H3. The number of aryl methyl sites for hydroxylation is 1. The maximum atomic E-state index is 12.9. The minimum Gasteiger partial charge on any atom is -0.456 e. The topological polar surface area (TPSA) is 106 Å². The summed E-state index contributed by atoms with van der Waals surface area (Å²) in [6, 6.07) is 4.44. The fourth-order valence-corrected chi connectivity index (χ4v) is 5.47. The Morgan fingerprint density at radius 2 is 2.00 bits per heavy atom. The number of anilines is 1. The average molecular weight is 468 g/mol. The molecule has 1 amide bonds. The molecule has 0 saturated carbocycles. The summed E-state index contributed by atoms with van der Waals surface area (Å²) >= 11 is 1.29. The number of ether oxygens (including phenoxy) is 2. The van der Waals surface area contributed by atoms with Gasteiger partial charge in [-0.15, -0.1) is 11.3 Å². The zero-order valence-corrected chi connectivity index (χ0v) is 19.3. The highest BCUT2D eigenvalue weighted by atomic mass is 32.2. The first-order valence-corrected chi connectivity index (χ1v) is 12.1. The molecule has 0 atom stereocenters. The lowest BCUT2D eigenvalue weighted by atomic mass is 10.1. The second-order valence-electron chi connectivity index (χ2n) is 6.95. The van der Waals surface area contributed by atoms with E-state index in [9.17, 15) is 18.0 Å². The van der Waals surface area contributed by atoms with Gasteiger partial charge < -0.3 is 9.47 Å². The van der Waals surface area contributed by atoms with Crippen LogP contribution in [0.5, 0.6) is 0 Å². The lowest BCUT2D eigenvalue weighted by Gasteiger charge is -2.26. The third-order valence-electron chi connectivity index (χ3n) is 4.85. The van der Waals surface area contributed by atoms with E-state index in [4.69, 9.17) is 9.47 Å². The highest BCUT2D eigenvalue weighted by Gasteiger charge is 2.27. The van der Waals surface area contributed by atoms with Crippen LogP contribution < -0.4 is 4.90 Å². The summed E-state index contributed by atoms with van der Waals surface area (Å²) < 4.78 is 37.7. The molecule has 31 heavy (non-hydrogen) atoms. The molecule has 0 unspecified atom stereocenters. The third-order valence-corrected chi connectivity index (χ3v) is 7.66. The average Bonchev–Trinajstić information content (AvgIpc) is 3.21. The smallest absolute Gasteiger partial charge is 0.338 e. The van der Waals surface area contributed by atoms with Crippen LogP contribution in [0.15, 0.2) is 28.5 Å². The Kier molecular flexibility index (Phi) is 7.42. The van der Waals surface area contributed by atoms with E-state index in [1.165, 1.54) is 39.6 Å². The van der Waals surface area contributed by atoms with Gasteiger partial charge in [-0.25, -0.2) is 18.2 Å². The summed E-state index contributed by atoms with van der Waals surface area (Å²) in [6.07, 6.45) is 0. The minimum absolute atomic E-state index is 0.0444. The van der Waals surface area contributed by atoms with E-state index in [-0.39, 0.29) is 36.1 Å². The van der Waals surface area contributed by atoms with Crippen molar-refractivity contribution >= 4 is 38.4 Å². The summed E-state index contributed by atoms with van der Waals surface area (Å²) in [5.41, 5.74) is 1.31. The Labute approximate surface area is 185 Å². The number of hydrogen-bond donors (Lipinski definition) is 0. The van der Waals surface area contributed by atoms with E-state index in [0.29, 0.717) is 36.1 Å². The molecule has 0 aliphatic carbocycles. The number of sulfonamides is 1. The van der Waals surface area contributed by atoms with Gasteiger partial charge in [0.05, 0.1) is 29.4 Å². The molecule has 9 nitrogen and oxygen atoms in total. The number of morpholine rings is 1. The number of esters is 1. The van der Waals surface area contributed by atoms with Gasteiger partial charge in [-0.1, -0.05) is 6.07 Å². The monoisotopic (exact) mass is 467 g/mol. The van der Waals surface area contributed by atoms with Gasteiger partial charge in [-0.2, -0.15) is 4.31 Å². The predicted molar refractivity (Wildman–Crippen MR) is 116 cm³/mol. The van der Waals surface area contributed by atoms with Crippen molar-refractivity contribution in [2.24, 2.45) is 0 Å². The van der Waals surface area contributed by atoms with Gasteiger partial charge in [0, 0.05) is 31.9 Å². The van der Waals surface area contributed by atoms with Crippen LogP contribution in [0.2, 0.25) is 0 Å². The molecule has 1 aromatic heterocycles. The summed E-state index contributed by atoms with van der Waals surface area (Å²) in [5.74, 6) is -0.751. The molecule has 1 fully saturated rings. The molecular weight excluding hydrogens is 442 g/mol. The number of amides is 1. The molecule has 0 bridgehead atoms. The number of thiazole rings is 1. The van der Waals surface area contributed by atoms with Gasteiger partial charge in [0.1, 0.15) is 6.61 Å². The quantitative estimate of drug-likeness (QED) is 0.575. The Hall–Kier alpha value is -2.34. The molecule has 0 N–H and O–H groups in total. The molecular formula is C20H25N3O6S2. The first-order valence-electron chi connectivity index (χ1n) is 9.82. The van der Waals surface area contributed by atoms with E-state index in [0.717, 1.165) is 0 Å². The number of benzene rings is 1. The largest absolute Gasteiger partial charge is 0.456 e. The number of carbonyl (C=O) groups excluding carboxylic acids is 2. The molecule has 2 aromatic rings. The van der Waals surface area contributed by atoms with Crippen LogP contribution in [0.4, 0.5) is 5.13 Å². The van der Waals surface area contributed by atoms with Crippen LogP contribution in [0, 0.1) is 6.92 Å². The van der Waals surface area contributed by atoms with Gasteiger partial charge in [-0.3, -0.25) is 9.69 Å². The Morgan fingerprint density at radius 3 is 2.65 bits per heavy atom. The fraction of sp³-hybridized carbons (Fsp3) is 0.450. The lowest BCUT2D eigenvalue weighted by molar-refractivity contribution is -0.116. The second-order valence-corrected chi connectivity index (χ2v) is 9.73. The third kappa shape index (κ3) is 5.29. The van der Waals surface area contributed by atoms with Crippen molar-refractivity contribution in [1.29, 1.82) is 0 Å². The van der Waals surface area contributed by atoms with Crippen molar-refractivity contribution < 1.29 is 27.5 Å². The molecule has 3 rings (SSSR count). The summed E-state index contributed by atoms with van der Waals surface area (Å²) in [6.45, 7) is 6.68. The van der Waals surface area contributed by atoms with Crippen LogP contribution in [-0.4, -0.2) is 62.4 Å². The second kappa shape index (κ2) is 9.86. The molecule has 11 heteroatoms. The van der Waals surface area contributed by atoms with Crippen molar-refractivity contribution in [2.75, 3.05) is 37.7 Å². The molecule has 2 heterocycles. The van der Waals surface area contributed by atoms with E-state index in [1.54, 1.807) is 18.4 Å². The SMILES string of the molecule is CCN(C(C)=O)c1nc(COC(=O)c2cc(S(=O)(=O)N3CCOCC3)ccc2C)cs1. The van der Waals surface area contributed by atoms with Gasteiger partial charge in [0.15, 0.2) is 5.13 Å². The number of rotatable bonds is 7. The number of aromatic nitrogens is 1. The number of hydrogen-bond acceptors (Lipinski definition) is 8. The fourth-order valence-electron chi connectivity index (χ4n) is 3.11. The Balaban J connectivity index is 1.73. The van der Waals surface area contributed by atoms with Crippen LogP contribution in [0.3, 0.4) is 0 Å². The van der Waals surface area contributed by atoms with Crippen LogP contribution in [0.1, 0.15) is 35.5 Å². The van der Waals surface area contributed by atoms with Crippen molar-refractivity contribution in [2.45, 2.75) is 32.3 Å². The van der Waals surface area contributed by atoms with Gasteiger partial charge >= 0.3 is 5.97 Å². The van der Waals surface area contributed by atoms with Crippen molar-refractivity contribution in [3.8, 4) is 0 Å². The number of nitrogens with zero attached hydrogens (tertiary/aromatic N) is 3. The van der Waals surface area contributed by atoms with E-state index < -0.39 is 16.0 Å². The summed E-state index contributed by atoms with van der Waals surface area (Å²) in [4.78, 5) is 30.2. The van der Waals surface area contributed by atoms with Crippen LogP contribution in [-0.2, 0) is 30.9 Å².